The predicted octanol–water partition coefficient (Wildman–Crippen LogP) is 1.60. The Morgan fingerprint density at radius 2 is 2.31 bits per heavy atom. The topological polar surface area (TPSA) is 29.1 Å². The van der Waals surface area contributed by atoms with Crippen LogP contribution in [-0.4, -0.2) is 29.6 Å². The fourth-order valence-corrected chi connectivity index (χ4v) is 2.38. The molecule has 0 aromatic rings. The summed E-state index contributed by atoms with van der Waals surface area (Å²) in [5, 5.41) is 2.73. The first-order chi connectivity index (χ1) is 6.11. The number of nitrogens with one attached hydrogen (secondary N) is 1. The molecule has 4 heteroatoms. The van der Waals surface area contributed by atoms with Gasteiger partial charge in [-0.25, -0.2) is 4.39 Å². The maximum atomic E-state index is 13.2. The molecule has 1 amide bonds. The summed E-state index contributed by atoms with van der Waals surface area (Å²) < 4.78 is 13.2. The zero-order valence-corrected chi connectivity index (χ0v) is 8.86. The molecule has 2 nitrogen and oxygen atoms in total. The van der Waals surface area contributed by atoms with Gasteiger partial charge in [-0.3, -0.25) is 4.79 Å². The molecule has 0 saturated carbocycles. The smallest absolute Gasteiger partial charge is 0.255 e. The first-order valence-electron chi connectivity index (χ1n) is 4.63. The van der Waals surface area contributed by atoms with Crippen LogP contribution in [0.2, 0.25) is 0 Å². The lowest BCUT2D eigenvalue weighted by molar-refractivity contribution is -0.127. The third kappa shape index (κ3) is 3.18. The molecular formula is C9H16FNOS. The van der Waals surface area contributed by atoms with E-state index >= 15 is 0 Å². The number of rotatable bonds is 3. The van der Waals surface area contributed by atoms with Crippen molar-refractivity contribution in [3.8, 4) is 0 Å². The Labute approximate surface area is 82.7 Å². The quantitative estimate of drug-likeness (QED) is 0.758. The zero-order valence-electron chi connectivity index (χ0n) is 8.05. The van der Waals surface area contributed by atoms with Crippen molar-refractivity contribution in [1.82, 2.24) is 5.32 Å². The molecule has 0 radical (unpaired) electrons. The second kappa shape index (κ2) is 4.84. The summed E-state index contributed by atoms with van der Waals surface area (Å²) in [6, 6.07) is 0.189. The molecule has 1 aliphatic heterocycles. The molecule has 13 heavy (non-hydrogen) atoms. The van der Waals surface area contributed by atoms with Crippen molar-refractivity contribution in [3.05, 3.63) is 0 Å². The minimum absolute atomic E-state index is 0.189. The highest BCUT2D eigenvalue weighted by Gasteiger charge is 2.25. The van der Waals surface area contributed by atoms with E-state index in [0.29, 0.717) is 0 Å². The van der Waals surface area contributed by atoms with Crippen LogP contribution in [-0.2, 0) is 4.79 Å². The molecule has 1 rings (SSSR count). The van der Waals surface area contributed by atoms with Crippen molar-refractivity contribution in [3.63, 3.8) is 0 Å². The van der Waals surface area contributed by atoms with Crippen LogP contribution >= 0.6 is 11.8 Å². The monoisotopic (exact) mass is 205 g/mol. The Balaban J connectivity index is 2.31. The summed E-state index contributed by atoms with van der Waals surface area (Å²) in [6.45, 7) is 3.43. The van der Waals surface area contributed by atoms with Crippen molar-refractivity contribution in [2.24, 2.45) is 5.92 Å². The molecule has 1 aliphatic rings. The lowest BCUT2D eigenvalue weighted by atomic mass is 10.1. The Hall–Kier alpha value is -0.250. The van der Waals surface area contributed by atoms with Gasteiger partial charge >= 0.3 is 0 Å². The highest BCUT2D eigenvalue weighted by Crippen LogP contribution is 2.17. The van der Waals surface area contributed by atoms with Gasteiger partial charge in [-0.05, 0) is 18.1 Å². The van der Waals surface area contributed by atoms with Crippen LogP contribution in [0.25, 0.3) is 0 Å². The number of carbonyl (C=O) groups is 1. The second-order valence-corrected chi connectivity index (χ2v) is 4.86. The fraction of sp³-hybridized carbons (Fsp3) is 0.889. The Bertz CT molecular complexity index is 180. The summed E-state index contributed by atoms with van der Waals surface area (Å²) in [5.41, 5.74) is 0. The largest absolute Gasteiger partial charge is 0.350 e. The molecule has 1 fully saturated rings. The van der Waals surface area contributed by atoms with Gasteiger partial charge in [0.05, 0.1) is 0 Å². The number of alkyl halides is 1. The van der Waals surface area contributed by atoms with Gasteiger partial charge in [0.2, 0.25) is 0 Å². The summed E-state index contributed by atoms with van der Waals surface area (Å²) in [5.74, 6) is 1.33. The van der Waals surface area contributed by atoms with Crippen LogP contribution in [0.1, 0.15) is 20.3 Å². The summed E-state index contributed by atoms with van der Waals surface area (Å²) in [7, 11) is 0. The van der Waals surface area contributed by atoms with Gasteiger partial charge in [-0.1, -0.05) is 13.8 Å². The summed E-state index contributed by atoms with van der Waals surface area (Å²) >= 11 is 1.81. The van der Waals surface area contributed by atoms with Crippen LogP contribution in [0, 0.1) is 5.92 Å². The number of thioether (sulfide) groups is 1. The number of carbonyl (C=O) groups excluding carboxylic acids is 1. The molecule has 0 aliphatic carbocycles. The first-order valence-corrected chi connectivity index (χ1v) is 5.79. The molecule has 1 saturated heterocycles. The van der Waals surface area contributed by atoms with Crippen molar-refractivity contribution < 1.29 is 9.18 Å². The minimum Gasteiger partial charge on any atom is -0.350 e. The highest BCUT2D eigenvalue weighted by atomic mass is 32.2. The number of hydrogen-bond donors (Lipinski definition) is 1. The highest BCUT2D eigenvalue weighted by molar-refractivity contribution is 7.99. The summed E-state index contributed by atoms with van der Waals surface area (Å²) in [6.07, 6.45) is -0.382. The standard InChI is InChI=1S/C9H16FNOS/c1-6(2)8(10)9(12)11-7-3-4-13-5-7/h6-8H,3-5H2,1-2H3,(H,11,12). The predicted molar refractivity (Wildman–Crippen MR) is 53.6 cm³/mol. The zero-order chi connectivity index (χ0) is 9.84. The Morgan fingerprint density at radius 1 is 1.62 bits per heavy atom. The van der Waals surface area contributed by atoms with Crippen molar-refractivity contribution in [2.45, 2.75) is 32.5 Å². The van der Waals surface area contributed by atoms with E-state index in [2.05, 4.69) is 5.32 Å². The van der Waals surface area contributed by atoms with E-state index in [1.165, 1.54) is 0 Å². The molecule has 0 aromatic heterocycles. The van der Waals surface area contributed by atoms with Gasteiger partial charge in [-0.15, -0.1) is 0 Å². The van der Waals surface area contributed by atoms with Crippen LogP contribution in [0.5, 0.6) is 0 Å². The van der Waals surface area contributed by atoms with E-state index in [4.69, 9.17) is 0 Å². The van der Waals surface area contributed by atoms with Crippen molar-refractivity contribution >= 4 is 17.7 Å². The van der Waals surface area contributed by atoms with Gasteiger partial charge in [0, 0.05) is 11.8 Å². The molecule has 1 N–H and O–H groups in total. The van der Waals surface area contributed by atoms with Gasteiger partial charge in [0.25, 0.3) is 5.91 Å². The number of halogens is 1. The maximum Gasteiger partial charge on any atom is 0.255 e. The average Bonchev–Trinajstić information content (AvgIpc) is 2.55. The minimum atomic E-state index is -1.36. The molecule has 0 aromatic carbocycles. The normalized spacial score (nSPS) is 24.8. The van der Waals surface area contributed by atoms with Crippen LogP contribution in [0.4, 0.5) is 4.39 Å². The van der Waals surface area contributed by atoms with Crippen LogP contribution in [0.3, 0.4) is 0 Å². The maximum absolute atomic E-state index is 13.2. The van der Waals surface area contributed by atoms with E-state index in [-0.39, 0.29) is 12.0 Å². The molecule has 0 spiro atoms. The summed E-state index contributed by atoms with van der Waals surface area (Å²) in [4.78, 5) is 11.2. The van der Waals surface area contributed by atoms with E-state index in [1.54, 1.807) is 13.8 Å². The van der Waals surface area contributed by atoms with Crippen LogP contribution < -0.4 is 5.32 Å². The van der Waals surface area contributed by atoms with Crippen molar-refractivity contribution in [2.75, 3.05) is 11.5 Å². The molecule has 2 unspecified atom stereocenters. The van der Waals surface area contributed by atoms with Gasteiger partial charge < -0.3 is 5.32 Å². The van der Waals surface area contributed by atoms with E-state index < -0.39 is 12.1 Å². The molecule has 76 valence electrons. The molecule has 0 bridgehead atoms. The number of amides is 1. The van der Waals surface area contributed by atoms with E-state index in [0.717, 1.165) is 17.9 Å². The van der Waals surface area contributed by atoms with E-state index in [9.17, 15) is 9.18 Å². The fourth-order valence-electron chi connectivity index (χ4n) is 1.23. The average molecular weight is 205 g/mol. The molecule has 1 heterocycles. The molecular weight excluding hydrogens is 189 g/mol. The third-order valence-electron chi connectivity index (χ3n) is 2.11. The lowest BCUT2D eigenvalue weighted by Gasteiger charge is -2.15. The first kappa shape index (κ1) is 10.8. The third-order valence-corrected chi connectivity index (χ3v) is 3.27. The number of hydrogen-bond acceptors (Lipinski definition) is 2. The Kier molecular flexibility index (Phi) is 4.03. The second-order valence-electron chi connectivity index (χ2n) is 3.71. The lowest BCUT2D eigenvalue weighted by Crippen LogP contribution is -2.41. The van der Waals surface area contributed by atoms with Gasteiger partial charge in [-0.2, -0.15) is 11.8 Å². The van der Waals surface area contributed by atoms with E-state index in [1.807, 2.05) is 11.8 Å². The van der Waals surface area contributed by atoms with Crippen molar-refractivity contribution in [1.29, 1.82) is 0 Å². The van der Waals surface area contributed by atoms with Gasteiger partial charge in [0.15, 0.2) is 6.17 Å². The van der Waals surface area contributed by atoms with Gasteiger partial charge in [0.1, 0.15) is 0 Å². The van der Waals surface area contributed by atoms with Crippen LogP contribution in [0.15, 0.2) is 0 Å². The molecule has 2 atom stereocenters. The Morgan fingerprint density at radius 3 is 2.77 bits per heavy atom. The SMILES string of the molecule is CC(C)C(F)C(=O)NC1CCSC1.